The van der Waals surface area contributed by atoms with Gasteiger partial charge in [0.15, 0.2) is 5.16 Å². The van der Waals surface area contributed by atoms with Gasteiger partial charge in [-0.05, 0) is 55.5 Å². The Balaban J connectivity index is 1.96. The van der Waals surface area contributed by atoms with Crippen LogP contribution in [0.2, 0.25) is 0 Å². The Morgan fingerprint density at radius 3 is 2.08 bits per heavy atom. The first-order chi connectivity index (χ1) is 11.5. The van der Waals surface area contributed by atoms with Crippen LogP contribution in [0.3, 0.4) is 0 Å². The van der Waals surface area contributed by atoms with Gasteiger partial charge in [0.05, 0.1) is 16.6 Å². The van der Waals surface area contributed by atoms with Gasteiger partial charge in [0.25, 0.3) is 0 Å². The number of aromatic nitrogens is 2. The number of imidazole rings is 1. The molecule has 3 aromatic rings. The molecule has 0 radical (unpaired) electrons. The molecular formula is C18H12F2N2OS. The first-order valence-corrected chi connectivity index (χ1v) is 8.28. The quantitative estimate of drug-likeness (QED) is 0.681. The van der Waals surface area contributed by atoms with E-state index in [0.29, 0.717) is 27.7 Å². The summed E-state index contributed by atoms with van der Waals surface area (Å²) in [5.41, 5.74) is 2.60. The largest absolute Gasteiger partial charge is 0.273 e. The molecule has 24 heavy (non-hydrogen) atoms. The van der Waals surface area contributed by atoms with E-state index in [0.717, 1.165) is 0 Å². The molecule has 6 heteroatoms. The molecular weight excluding hydrogens is 330 g/mol. The van der Waals surface area contributed by atoms with Crippen molar-refractivity contribution in [2.24, 2.45) is 0 Å². The minimum absolute atomic E-state index is 0.0600. The van der Waals surface area contributed by atoms with E-state index < -0.39 is 0 Å². The van der Waals surface area contributed by atoms with Crippen LogP contribution in [0.25, 0.3) is 22.5 Å². The number of hydrogen-bond acceptors (Lipinski definition) is 3. The predicted octanol–water partition coefficient (Wildman–Crippen LogP) is 4.63. The van der Waals surface area contributed by atoms with Crippen molar-refractivity contribution in [2.75, 3.05) is 0 Å². The Morgan fingerprint density at radius 1 is 0.958 bits per heavy atom. The van der Waals surface area contributed by atoms with Crippen LogP contribution in [0.4, 0.5) is 8.78 Å². The van der Waals surface area contributed by atoms with E-state index in [4.69, 9.17) is 0 Å². The lowest BCUT2D eigenvalue weighted by molar-refractivity contribution is 0.0916. The minimum atomic E-state index is -0.350. The third kappa shape index (κ3) is 2.34. The maximum absolute atomic E-state index is 13.3. The Hall–Kier alpha value is -2.47. The number of rotatable bonds is 2. The smallest absolute Gasteiger partial charge is 0.246 e. The Bertz CT molecular complexity index is 933. The van der Waals surface area contributed by atoms with Crippen LogP contribution < -0.4 is 0 Å². The molecule has 4 rings (SSSR count). The summed E-state index contributed by atoms with van der Waals surface area (Å²) in [5.74, 6) is -0.750. The van der Waals surface area contributed by atoms with Crippen molar-refractivity contribution in [3.63, 3.8) is 0 Å². The average molecular weight is 342 g/mol. The van der Waals surface area contributed by atoms with Crippen LogP contribution in [-0.2, 0) is 0 Å². The molecule has 3 nitrogen and oxygen atoms in total. The van der Waals surface area contributed by atoms with Crippen LogP contribution in [0.1, 0.15) is 11.7 Å². The Labute approximate surface area is 141 Å². The summed E-state index contributed by atoms with van der Waals surface area (Å²) in [6, 6.07) is 11.9. The fraction of sp³-hybridized carbons (Fsp3) is 0.111. The van der Waals surface area contributed by atoms with Gasteiger partial charge in [0, 0.05) is 11.1 Å². The topological polar surface area (TPSA) is 34.9 Å². The zero-order valence-corrected chi connectivity index (χ0v) is 13.5. The van der Waals surface area contributed by atoms with E-state index in [1.807, 2.05) is 6.92 Å². The summed E-state index contributed by atoms with van der Waals surface area (Å²) in [6.07, 6.45) is 0. The van der Waals surface area contributed by atoms with Gasteiger partial charge in [-0.25, -0.2) is 13.8 Å². The Kier molecular flexibility index (Phi) is 3.49. The molecule has 0 saturated carbocycles. The molecule has 1 atom stereocenters. The monoisotopic (exact) mass is 342 g/mol. The van der Waals surface area contributed by atoms with Gasteiger partial charge in [-0.3, -0.25) is 9.36 Å². The second kappa shape index (κ2) is 5.56. The maximum Gasteiger partial charge on any atom is 0.246 e. The highest BCUT2D eigenvalue weighted by atomic mass is 32.2. The average Bonchev–Trinajstić information content (AvgIpc) is 3.06. The van der Waals surface area contributed by atoms with Crippen LogP contribution in [0.5, 0.6) is 0 Å². The number of carbonyl (C=O) groups excluding carboxylic acids is 1. The highest BCUT2D eigenvalue weighted by Crippen LogP contribution is 2.41. The van der Waals surface area contributed by atoms with Crippen LogP contribution >= 0.6 is 11.8 Å². The second-order valence-corrected chi connectivity index (χ2v) is 6.85. The van der Waals surface area contributed by atoms with Crippen LogP contribution in [-0.4, -0.2) is 20.7 Å². The molecule has 120 valence electrons. The molecule has 1 aromatic heterocycles. The molecule has 2 aromatic carbocycles. The standard InChI is InChI=1S/C18H12F2N2OS/c1-10-17(23)22-16(12-4-8-14(20)9-5-12)15(21-18(22)24-10)11-2-6-13(19)7-3-11/h2-10H,1H3. The summed E-state index contributed by atoms with van der Waals surface area (Å²) >= 11 is 1.38. The number of halogens is 2. The highest BCUT2D eigenvalue weighted by Gasteiger charge is 2.34. The summed E-state index contributed by atoms with van der Waals surface area (Å²) in [4.78, 5) is 17.1. The van der Waals surface area contributed by atoms with Gasteiger partial charge < -0.3 is 0 Å². The van der Waals surface area contributed by atoms with Crippen molar-refractivity contribution >= 4 is 17.7 Å². The number of carbonyl (C=O) groups is 1. The molecule has 2 heterocycles. The fourth-order valence-corrected chi connectivity index (χ4v) is 3.71. The first kappa shape index (κ1) is 15.1. The zero-order valence-electron chi connectivity index (χ0n) is 12.7. The van der Waals surface area contributed by atoms with Gasteiger partial charge in [0.2, 0.25) is 5.91 Å². The van der Waals surface area contributed by atoms with Crippen molar-refractivity contribution in [2.45, 2.75) is 17.3 Å². The lowest BCUT2D eigenvalue weighted by Crippen LogP contribution is -2.15. The predicted molar refractivity (Wildman–Crippen MR) is 89.0 cm³/mol. The van der Waals surface area contributed by atoms with Crippen molar-refractivity contribution in [3.05, 3.63) is 60.2 Å². The number of hydrogen-bond donors (Lipinski definition) is 0. The third-order valence-corrected chi connectivity index (χ3v) is 4.97. The second-order valence-electron chi connectivity index (χ2n) is 5.54. The first-order valence-electron chi connectivity index (χ1n) is 7.40. The molecule has 0 amide bonds. The number of nitrogens with zero attached hydrogens (tertiary/aromatic N) is 2. The van der Waals surface area contributed by atoms with E-state index in [2.05, 4.69) is 4.98 Å². The van der Waals surface area contributed by atoms with E-state index in [1.54, 1.807) is 28.8 Å². The number of thioether (sulfide) groups is 1. The molecule has 0 bridgehead atoms. The molecule has 1 aliphatic rings. The SMILES string of the molecule is CC1Sc2nc(-c3ccc(F)cc3)c(-c3ccc(F)cc3)n2C1=O. The molecule has 0 aliphatic carbocycles. The van der Waals surface area contributed by atoms with Gasteiger partial charge >= 0.3 is 0 Å². The molecule has 1 unspecified atom stereocenters. The van der Waals surface area contributed by atoms with Gasteiger partial charge in [0.1, 0.15) is 11.6 Å². The molecule has 0 saturated heterocycles. The van der Waals surface area contributed by atoms with Gasteiger partial charge in [-0.1, -0.05) is 11.8 Å². The lowest BCUT2D eigenvalue weighted by atomic mass is 10.0. The molecule has 0 N–H and O–H groups in total. The fourth-order valence-electron chi connectivity index (χ4n) is 2.76. The third-order valence-electron chi connectivity index (χ3n) is 3.93. The van der Waals surface area contributed by atoms with E-state index in [9.17, 15) is 13.6 Å². The highest BCUT2D eigenvalue weighted by molar-refractivity contribution is 8.00. The van der Waals surface area contributed by atoms with Crippen molar-refractivity contribution < 1.29 is 13.6 Å². The van der Waals surface area contributed by atoms with E-state index >= 15 is 0 Å². The molecule has 0 fully saturated rings. The summed E-state index contributed by atoms with van der Waals surface area (Å²) < 4.78 is 28.1. The van der Waals surface area contributed by atoms with Gasteiger partial charge in [-0.2, -0.15) is 0 Å². The Morgan fingerprint density at radius 2 is 1.50 bits per heavy atom. The van der Waals surface area contributed by atoms with E-state index in [1.165, 1.54) is 36.0 Å². The zero-order chi connectivity index (χ0) is 16.8. The number of fused-ring (bicyclic) bond motifs is 1. The van der Waals surface area contributed by atoms with E-state index in [-0.39, 0.29) is 22.8 Å². The summed E-state index contributed by atoms with van der Waals surface area (Å²) in [5, 5.41) is 0.389. The van der Waals surface area contributed by atoms with Crippen molar-refractivity contribution in [3.8, 4) is 22.5 Å². The number of benzene rings is 2. The van der Waals surface area contributed by atoms with Crippen molar-refractivity contribution in [1.29, 1.82) is 0 Å². The van der Waals surface area contributed by atoms with Crippen molar-refractivity contribution in [1.82, 2.24) is 9.55 Å². The minimum Gasteiger partial charge on any atom is -0.273 e. The lowest BCUT2D eigenvalue weighted by Gasteiger charge is -2.09. The summed E-state index contributed by atoms with van der Waals surface area (Å²) in [6.45, 7) is 1.83. The maximum atomic E-state index is 13.3. The summed E-state index contributed by atoms with van der Waals surface area (Å²) in [7, 11) is 0. The van der Waals surface area contributed by atoms with Crippen LogP contribution in [0, 0.1) is 11.6 Å². The molecule has 1 aliphatic heterocycles. The molecule has 0 spiro atoms. The van der Waals surface area contributed by atoms with Gasteiger partial charge in [-0.15, -0.1) is 0 Å². The van der Waals surface area contributed by atoms with Crippen LogP contribution in [0.15, 0.2) is 53.7 Å². The normalized spacial score (nSPS) is 16.5.